The van der Waals surface area contributed by atoms with Crippen LogP contribution in [0.25, 0.3) is 0 Å². The zero-order chi connectivity index (χ0) is 15.1. The largest absolute Gasteiger partial charge is 0.394 e. The highest BCUT2D eigenvalue weighted by molar-refractivity contribution is 4.84. The molecule has 0 aromatic carbocycles. The highest BCUT2D eigenvalue weighted by Crippen LogP contribution is 2.36. The predicted octanol–water partition coefficient (Wildman–Crippen LogP) is 3.03. The van der Waals surface area contributed by atoms with E-state index in [-0.39, 0.29) is 12.1 Å². The molecular formula is C18H36N2O. The molecule has 3 atom stereocenters. The van der Waals surface area contributed by atoms with Crippen LogP contribution >= 0.6 is 0 Å². The van der Waals surface area contributed by atoms with Crippen LogP contribution in [-0.2, 0) is 0 Å². The maximum Gasteiger partial charge on any atom is 0.0610 e. The fourth-order valence-electron chi connectivity index (χ4n) is 4.38. The van der Waals surface area contributed by atoms with Crippen LogP contribution in [0.5, 0.6) is 0 Å². The van der Waals surface area contributed by atoms with E-state index in [0.717, 1.165) is 24.8 Å². The molecule has 1 saturated heterocycles. The zero-order valence-electron chi connectivity index (χ0n) is 14.2. The highest BCUT2D eigenvalue weighted by atomic mass is 16.3. The van der Waals surface area contributed by atoms with Gasteiger partial charge in [-0.25, -0.2) is 0 Å². The van der Waals surface area contributed by atoms with Crippen LogP contribution in [0, 0.1) is 11.8 Å². The summed E-state index contributed by atoms with van der Waals surface area (Å²) >= 11 is 0. The van der Waals surface area contributed by atoms with Gasteiger partial charge in [0.05, 0.1) is 6.61 Å². The van der Waals surface area contributed by atoms with Gasteiger partial charge in [-0.3, -0.25) is 0 Å². The fourth-order valence-corrected chi connectivity index (χ4v) is 4.38. The average Bonchev–Trinajstić information content (AvgIpc) is 2.52. The van der Waals surface area contributed by atoms with Crippen molar-refractivity contribution in [1.82, 2.24) is 10.2 Å². The Hall–Kier alpha value is -0.120. The number of likely N-dealkylation sites (N-methyl/N-ethyl adjacent to an activating group) is 1. The smallest absolute Gasteiger partial charge is 0.0610 e. The summed E-state index contributed by atoms with van der Waals surface area (Å²) in [6, 6.07) is 0. The topological polar surface area (TPSA) is 35.5 Å². The van der Waals surface area contributed by atoms with Crippen molar-refractivity contribution < 1.29 is 5.11 Å². The van der Waals surface area contributed by atoms with Crippen molar-refractivity contribution in [2.45, 2.75) is 70.8 Å². The van der Waals surface area contributed by atoms with E-state index in [0.29, 0.717) is 0 Å². The molecule has 2 rings (SSSR count). The first-order valence-corrected chi connectivity index (χ1v) is 9.25. The number of fused-ring (bicyclic) bond motifs is 1. The minimum absolute atomic E-state index is 0.0783. The average molecular weight is 296 g/mol. The molecule has 0 bridgehead atoms. The molecule has 1 aliphatic carbocycles. The summed E-state index contributed by atoms with van der Waals surface area (Å²) in [5.74, 6) is 2.04. The maximum atomic E-state index is 9.52. The second-order valence-electron chi connectivity index (χ2n) is 7.60. The molecule has 0 amide bonds. The third-order valence-electron chi connectivity index (χ3n) is 5.78. The number of nitrogens with zero attached hydrogens (tertiary/aromatic N) is 1. The number of hydrogen-bond donors (Lipinski definition) is 2. The van der Waals surface area contributed by atoms with Crippen molar-refractivity contribution in [1.29, 1.82) is 0 Å². The van der Waals surface area contributed by atoms with E-state index in [1.165, 1.54) is 64.6 Å². The maximum absolute atomic E-state index is 9.52. The van der Waals surface area contributed by atoms with E-state index >= 15 is 0 Å². The summed E-state index contributed by atoms with van der Waals surface area (Å²) in [5.41, 5.74) is -0.0783. The Bertz CT molecular complexity index is 297. The number of rotatable bonds is 8. The lowest BCUT2D eigenvalue weighted by atomic mass is 9.75. The summed E-state index contributed by atoms with van der Waals surface area (Å²) in [5, 5.41) is 12.9. The number of unbranched alkanes of at least 4 members (excludes halogenated alkanes) is 1. The fraction of sp³-hybridized carbons (Fsp3) is 1.00. The summed E-state index contributed by atoms with van der Waals surface area (Å²) in [6.07, 6.45) is 10.9. The summed E-state index contributed by atoms with van der Waals surface area (Å²) < 4.78 is 0. The van der Waals surface area contributed by atoms with Crippen LogP contribution < -0.4 is 5.32 Å². The zero-order valence-corrected chi connectivity index (χ0v) is 14.2. The normalized spacial score (nSPS) is 29.9. The van der Waals surface area contributed by atoms with Crippen LogP contribution in [0.3, 0.4) is 0 Å². The lowest BCUT2D eigenvalue weighted by Crippen LogP contribution is -2.45. The van der Waals surface area contributed by atoms with E-state index in [1.54, 1.807) is 0 Å². The highest BCUT2D eigenvalue weighted by Gasteiger charge is 2.30. The molecule has 21 heavy (non-hydrogen) atoms. The van der Waals surface area contributed by atoms with Crippen molar-refractivity contribution in [2.24, 2.45) is 11.8 Å². The van der Waals surface area contributed by atoms with E-state index in [9.17, 15) is 5.11 Å². The Balaban J connectivity index is 1.62. The van der Waals surface area contributed by atoms with E-state index in [2.05, 4.69) is 24.1 Å². The van der Waals surface area contributed by atoms with Crippen LogP contribution in [0.4, 0.5) is 0 Å². The van der Waals surface area contributed by atoms with Gasteiger partial charge in [0.1, 0.15) is 0 Å². The Morgan fingerprint density at radius 2 is 1.90 bits per heavy atom. The van der Waals surface area contributed by atoms with Gasteiger partial charge in [0.25, 0.3) is 0 Å². The van der Waals surface area contributed by atoms with E-state index in [4.69, 9.17) is 0 Å². The number of nitrogens with one attached hydrogen (secondary N) is 1. The molecule has 0 spiro atoms. The molecule has 0 radical (unpaired) electrons. The molecule has 1 saturated carbocycles. The second kappa shape index (κ2) is 8.50. The van der Waals surface area contributed by atoms with Crippen LogP contribution in [0.1, 0.15) is 65.2 Å². The van der Waals surface area contributed by atoms with Crippen molar-refractivity contribution >= 4 is 0 Å². The summed E-state index contributed by atoms with van der Waals surface area (Å²) in [6.45, 7) is 9.38. The minimum atomic E-state index is -0.0783. The number of aliphatic hydroxyl groups is 1. The Kier molecular flexibility index (Phi) is 6.97. The van der Waals surface area contributed by atoms with Gasteiger partial charge in [-0.1, -0.05) is 32.6 Å². The molecular weight excluding hydrogens is 260 g/mol. The van der Waals surface area contributed by atoms with Gasteiger partial charge >= 0.3 is 0 Å². The molecule has 2 fully saturated rings. The van der Waals surface area contributed by atoms with Crippen LogP contribution in [0.2, 0.25) is 0 Å². The SMILES string of the molecule is CCNC(C)(CO)CCCCN1CCC2CCCCC2C1. The lowest BCUT2D eigenvalue weighted by molar-refractivity contribution is 0.0844. The number of piperidine rings is 1. The van der Waals surface area contributed by atoms with Gasteiger partial charge in [0.15, 0.2) is 0 Å². The van der Waals surface area contributed by atoms with Crippen LogP contribution in [0.15, 0.2) is 0 Å². The first kappa shape index (κ1) is 17.2. The predicted molar refractivity (Wildman–Crippen MR) is 89.5 cm³/mol. The third kappa shape index (κ3) is 5.22. The van der Waals surface area contributed by atoms with Gasteiger partial charge in [-0.2, -0.15) is 0 Å². The quantitative estimate of drug-likeness (QED) is 0.676. The Morgan fingerprint density at radius 1 is 1.14 bits per heavy atom. The summed E-state index contributed by atoms with van der Waals surface area (Å²) in [4.78, 5) is 2.70. The standard InChI is InChI=1S/C18H36N2O/c1-3-19-18(2,15-21)11-6-7-12-20-13-10-16-8-4-5-9-17(16)14-20/h16-17,19,21H,3-15H2,1-2H3. The van der Waals surface area contributed by atoms with Gasteiger partial charge in [-0.15, -0.1) is 0 Å². The van der Waals surface area contributed by atoms with Crippen molar-refractivity contribution in [3.63, 3.8) is 0 Å². The molecule has 0 aromatic heterocycles. The molecule has 2 N–H and O–H groups in total. The Labute approximate surface area is 131 Å². The monoisotopic (exact) mass is 296 g/mol. The second-order valence-corrected chi connectivity index (χ2v) is 7.60. The van der Waals surface area contributed by atoms with Crippen molar-refractivity contribution in [2.75, 3.05) is 32.8 Å². The molecule has 3 nitrogen and oxygen atoms in total. The first-order chi connectivity index (χ1) is 10.2. The molecule has 1 aliphatic heterocycles. The molecule has 3 unspecified atom stereocenters. The van der Waals surface area contributed by atoms with Crippen molar-refractivity contribution in [3.05, 3.63) is 0 Å². The van der Waals surface area contributed by atoms with Gasteiger partial charge in [0.2, 0.25) is 0 Å². The van der Waals surface area contributed by atoms with Gasteiger partial charge in [0, 0.05) is 12.1 Å². The molecule has 0 aromatic rings. The minimum Gasteiger partial charge on any atom is -0.394 e. The summed E-state index contributed by atoms with van der Waals surface area (Å²) in [7, 11) is 0. The molecule has 3 heteroatoms. The third-order valence-corrected chi connectivity index (χ3v) is 5.78. The van der Waals surface area contributed by atoms with Gasteiger partial charge in [-0.05, 0) is 64.1 Å². The molecule has 1 heterocycles. The number of hydrogen-bond acceptors (Lipinski definition) is 3. The van der Waals surface area contributed by atoms with E-state index < -0.39 is 0 Å². The van der Waals surface area contributed by atoms with E-state index in [1.807, 2.05) is 0 Å². The molecule has 124 valence electrons. The molecule has 2 aliphatic rings. The lowest BCUT2D eigenvalue weighted by Gasteiger charge is -2.41. The number of likely N-dealkylation sites (tertiary alicyclic amines) is 1. The Morgan fingerprint density at radius 3 is 2.62 bits per heavy atom. The first-order valence-electron chi connectivity index (χ1n) is 9.25. The number of aliphatic hydroxyl groups excluding tert-OH is 1. The van der Waals surface area contributed by atoms with Crippen LogP contribution in [-0.4, -0.2) is 48.3 Å². The van der Waals surface area contributed by atoms with Crippen molar-refractivity contribution in [3.8, 4) is 0 Å². The van der Waals surface area contributed by atoms with Gasteiger partial charge < -0.3 is 15.3 Å².